The van der Waals surface area contributed by atoms with Crippen LogP contribution < -0.4 is 5.76 Å². The first-order valence-corrected chi connectivity index (χ1v) is 5.41. The maximum Gasteiger partial charge on any atom is 0.417 e. The van der Waals surface area contributed by atoms with Crippen molar-refractivity contribution in [2.75, 3.05) is 0 Å². The Labute approximate surface area is 97.1 Å². The highest BCUT2D eigenvalue weighted by molar-refractivity contribution is 5.73. The van der Waals surface area contributed by atoms with Crippen molar-refractivity contribution in [1.82, 2.24) is 4.98 Å². The van der Waals surface area contributed by atoms with Gasteiger partial charge in [-0.15, -0.1) is 0 Å². The Bertz CT molecular complexity index is 596. The number of H-pyrrole nitrogens is 1. The smallest absolute Gasteiger partial charge is 0.417 e. The third-order valence-electron chi connectivity index (χ3n) is 2.81. The van der Waals surface area contributed by atoms with Crippen molar-refractivity contribution >= 4 is 17.1 Å². The van der Waals surface area contributed by atoms with Crippen molar-refractivity contribution in [3.63, 3.8) is 0 Å². The molecule has 5 heteroatoms. The molecule has 2 aromatic rings. The molecule has 0 aliphatic carbocycles. The first kappa shape index (κ1) is 11.4. The third-order valence-corrected chi connectivity index (χ3v) is 2.81. The average molecular weight is 235 g/mol. The fraction of sp³-hybridized carbons (Fsp3) is 0.333. The van der Waals surface area contributed by atoms with Gasteiger partial charge < -0.3 is 9.52 Å². The lowest BCUT2D eigenvalue weighted by atomic mass is 9.96. The minimum absolute atomic E-state index is 0.121. The van der Waals surface area contributed by atoms with E-state index in [1.54, 1.807) is 12.1 Å². The van der Waals surface area contributed by atoms with Crippen molar-refractivity contribution in [3.05, 3.63) is 34.3 Å². The molecular formula is C12H13NO4. The number of hydrogen-bond donors (Lipinski definition) is 2. The fourth-order valence-electron chi connectivity index (χ4n) is 1.78. The normalized spacial score (nSPS) is 12.8. The van der Waals surface area contributed by atoms with Gasteiger partial charge in [0, 0.05) is 6.42 Å². The van der Waals surface area contributed by atoms with E-state index in [-0.39, 0.29) is 12.3 Å². The van der Waals surface area contributed by atoms with Crippen LogP contribution >= 0.6 is 0 Å². The molecule has 17 heavy (non-hydrogen) atoms. The number of carboxylic acids is 1. The van der Waals surface area contributed by atoms with Crippen LogP contribution in [0.2, 0.25) is 0 Å². The lowest BCUT2D eigenvalue weighted by Gasteiger charge is -2.09. The van der Waals surface area contributed by atoms with Gasteiger partial charge in [0.2, 0.25) is 0 Å². The van der Waals surface area contributed by atoms with Gasteiger partial charge in [0.25, 0.3) is 0 Å². The largest absolute Gasteiger partial charge is 0.481 e. The van der Waals surface area contributed by atoms with Gasteiger partial charge in [0.1, 0.15) is 0 Å². The van der Waals surface area contributed by atoms with Crippen LogP contribution in [0, 0.1) is 0 Å². The van der Waals surface area contributed by atoms with E-state index < -0.39 is 11.7 Å². The number of oxazole rings is 1. The molecule has 1 heterocycles. The van der Waals surface area contributed by atoms with Crippen molar-refractivity contribution in [2.45, 2.75) is 25.7 Å². The van der Waals surface area contributed by atoms with Gasteiger partial charge in [-0.25, -0.2) is 4.79 Å². The molecule has 5 nitrogen and oxygen atoms in total. The molecule has 0 aliphatic rings. The highest BCUT2D eigenvalue weighted by atomic mass is 16.4. The monoisotopic (exact) mass is 235 g/mol. The van der Waals surface area contributed by atoms with E-state index in [1.807, 2.05) is 13.0 Å². The number of fused-ring (bicyclic) bond motifs is 1. The first-order chi connectivity index (χ1) is 8.06. The Morgan fingerprint density at radius 3 is 3.00 bits per heavy atom. The molecule has 90 valence electrons. The van der Waals surface area contributed by atoms with Crippen LogP contribution in [0.25, 0.3) is 11.1 Å². The number of carboxylic acid groups (broad SMARTS) is 1. The zero-order valence-electron chi connectivity index (χ0n) is 9.40. The Hall–Kier alpha value is -2.04. The number of nitrogens with one attached hydrogen (secondary N) is 1. The Kier molecular flexibility index (Phi) is 2.99. The third kappa shape index (κ3) is 2.55. The lowest BCUT2D eigenvalue weighted by molar-refractivity contribution is -0.137. The number of aromatic nitrogens is 1. The number of benzene rings is 1. The number of hydrogen-bond acceptors (Lipinski definition) is 3. The van der Waals surface area contributed by atoms with E-state index in [1.165, 1.54) is 0 Å². The molecule has 0 radical (unpaired) electrons. The number of aromatic amines is 1. The standard InChI is InChI=1S/C12H13NO4/c1-7(2-5-11(14)15)8-3-4-9-10(6-8)17-12(16)13-9/h3-4,6-7H,2,5H2,1H3,(H,13,16)(H,14,15). The number of carbonyl (C=O) groups is 1. The van der Waals surface area contributed by atoms with Crippen LogP contribution in [0.5, 0.6) is 0 Å². The van der Waals surface area contributed by atoms with E-state index in [2.05, 4.69) is 4.98 Å². The zero-order valence-corrected chi connectivity index (χ0v) is 9.40. The number of rotatable bonds is 4. The summed E-state index contributed by atoms with van der Waals surface area (Å²) in [5, 5.41) is 8.62. The summed E-state index contributed by atoms with van der Waals surface area (Å²) in [6, 6.07) is 5.42. The fourth-order valence-corrected chi connectivity index (χ4v) is 1.78. The SMILES string of the molecule is CC(CCC(=O)O)c1ccc2[nH]c(=O)oc2c1. The van der Waals surface area contributed by atoms with Gasteiger partial charge in [-0.2, -0.15) is 0 Å². The van der Waals surface area contributed by atoms with Gasteiger partial charge in [0.15, 0.2) is 5.58 Å². The summed E-state index contributed by atoms with van der Waals surface area (Å²) >= 11 is 0. The Morgan fingerprint density at radius 2 is 2.29 bits per heavy atom. The molecule has 0 fully saturated rings. The number of aliphatic carboxylic acids is 1. The van der Waals surface area contributed by atoms with Crippen LogP contribution in [0.4, 0.5) is 0 Å². The van der Waals surface area contributed by atoms with Crippen molar-refractivity contribution in [2.24, 2.45) is 0 Å². The van der Waals surface area contributed by atoms with Crippen LogP contribution in [0.3, 0.4) is 0 Å². The van der Waals surface area contributed by atoms with Gasteiger partial charge in [0.05, 0.1) is 5.52 Å². The maximum atomic E-state index is 11.0. The second-order valence-corrected chi connectivity index (χ2v) is 4.10. The molecule has 2 N–H and O–H groups in total. The molecule has 0 bridgehead atoms. The zero-order chi connectivity index (χ0) is 12.4. The van der Waals surface area contributed by atoms with Crippen molar-refractivity contribution in [3.8, 4) is 0 Å². The highest BCUT2D eigenvalue weighted by Gasteiger charge is 2.10. The van der Waals surface area contributed by atoms with E-state index in [4.69, 9.17) is 9.52 Å². The second-order valence-electron chi connectivity index (χ2n) is 4.10. The molecule has 0 spiro atoms. The minimum atomic E-state index is -0.800. The van der Waals surface area contributed by atoms with E-state index in [0.717, 1.165) is 5.56 Å². The van der Waals surface area contributed by atoms with E-state index in [0.29, 0.717) is 17.5 Å². The van der Waals surface area contributed by atoms with Gasteiger partial charge in [-0.05, 0) is 30.0 Å². The molecule has 0 amide bonds. The van der Waals surface area contributed by atoms with E-state index >= 15 is 0 Å². The highest BCUT2D eigenvalue weighted by Crippen LogP contribution is 2.23. The van der Waals surface area contributed by atoms with Gasteiger partial charge in [-0.3, -0.25) is 9.78 Å². The Balaban J connectivity index is 2.23. The summed E-state index contributed by atoms with van der Waals surface area (Å²) in [7, 11) is 0. The minimum Gasteiger partial charge on any atom is -0.481 e. The quantitative estimate of drug-likeness (QED) is 0.849. The molecule has 1 atom stereocenters. The summed E-state index contributed by atoms with van der Waals surface area (Å²) in [6.07, 6.45) is 0.700. The van der Waals surface area contributed by atoms with Crippen LogP contribution in [-0.2, 0) is 4.79 Å². The van der Waals surface area contributed by atoms with E-state index in [9.17, 15) is 9.59 Å². The molecule has 0 aliphatic heterocycles. The van der Waals surface area contributed by atoms with Crippen molar-refractivity contribution < 1.29 is 14.3 Å². The molecule has 2 rings (SSSR count). The maximum absolute atomic E-state index is 11.0. The van der Waals surface area contributed by atoms with Crippen LogP contribution in [-0.4, -0.2) is 16.1 Å². The van der Waals surface area contributed by atoms with Gasteiger partial charge >= 0.3 is 11.7 Å². The predicted molar refractivity (Wildman–Crippen MR) is 62.1 cm³/mol. The second kappa shape index (κ2) is 4.45. The summed E-state index contributed by atoms with van der Waals surface area (Å²) in [5.74, 6) is -1.16. The summed E-state index contributed by atoms with van der Waals surface area (Å²) in [6.45, 7) is 1.95. The molecular weight excluding hydrogens is 222 g/mol. The van der Waals surface area contributed by atoms with Gasteiger partial charge in [-0.1, -0.05) is 13.0 Å². The molecule has 1 aromatic carbocycles. The predicted octanol–water partition coefficient (Wildman–Crippen LogP) is 2.09. The molecule has 0 saturated carbocycles. The molecule has 1 aromatic heterocycles. The van der Waals surface area contributed by atoms with Crippen molar-refractivity contribution in [1.29, 1.82) is 0 Å². The Morgan fingerprint density at radius 1 is 1.53 bits per heavy atom. The molecule has 1 unspecified atom stereocenters. The summed E-state index contributed by atoms with van der Waals surface area (Å²) in [5.41, 5.74) is 2.14. The average Bonchev–Trinajstić information content (AvgIpc) is 2.64. The van der Waals surface area contributed by atoms with Crippen LogP contribution in [0.15, 0.2) is 27.4 Å². The first-order valence-electron chi connectivity index (χ1n) is 5.41. The summed E-state index contributed by atoms with van der Waals surface area (Å²) in [4.78, 5) is 24.0. The van der Waals surface area contributed by atoms with Crippen LogP contribution in [0.1, 0.15) is 31.2 Å². The lowest BCUT2D eigenvalue weighted by Crippen LogP contribution is -1.99. The summed E-state index contributed by atoms with van der Waals surface area (Å²) < 4.78 is 4.96. The molecule has 0 saturated heterocycles. The topological polar surface area (TPSA) is 83.3 Å².